The Morgan fingerprint density at radius 1 is 1.26 bits per heavy atom. The monoisotopic (exact) mass is 346 g/mol. The van der Waals surface area contributed by atoms with Crippen LogP contribution in [0.5, 0.6) is 0 Å². The second-order valence-electron chi connectivity index (χ2n) is 5.13. The number of hydrogen-bond donors (Lipinski definition) is 1. The van der Waals surface area contributed by atoms with E-state index in [-0.39, 0.29) is 24.2 Å². The Morgan fingerprint density at radius 2 is 2.04 bits per heavy atom. The molecule has 3 rings (SSSR count). The van der Waals surface area contributed by atoms with Crippen LogP contribution in [-0.4, -0.2) is 10.9 Å². The summed E-state index contributed by atoms with van der Waals surface area (Å²) >= 11 is 3.08. The number of rotatable bonds is 5. The van der Waals surface area contributed by atoms with E-state index in [9.17, 15) is 9.18 Å². The first-order valence-corrected chi connectivity index (χ1v) is 8.91. The quantitative estimate of drug-likeness (QED) is 0.742. The highest BCUT2D eigenvalue weighted by Crippen LogP contribution is 2.24. The third-order valence-corrected chi connectivity index (χ3v) is 5.33. The zero-order valence-electron chi connectivity index (χ0n) is 12.5. The van der Waals surface area contributed by atoms with Gasteiger partial charge in [0.2, 0.25) is 5.91 Å². The van der Waals surface area contributed by atoms with E-state index in [1.165, 1.54) is 23.5 Å². The van der Waals surface area contributed by atoms with Crippen LogP contribution in [-0.2, 0) is 11.2 Å². The summed E-state index contributed by atoms with van der Waals surface area (Å²) in [5, 5.41) is 7.63. The molecule has 0 aliphatic rings. The number of thiophene rings is 1. The second-order valence-corrected chi connectivity index (χ2v) is 6.97. The molecule has 0 saturated carbocycles. The molecule has 1 amide bonds. The lowest BCUT2D eigenvalue weighted by Gasteiger charge is -2.11. The highest BCUT2D eigenvalue weighted by atomic mass is 32.1. The predicted octanol–water partition coefficient (Wildman–Crippen LogP) is 4.43. The zero-order chi connectivity index (χ0) is 16.2. The Hall–Kier alpha value is -2.05. The molecule has 0 bridgehead atoms. The van der Waals surface area contributed by atoms with Gasteiger partial charge in [-0.05, 0) is 42.6 Å². The van der Waals surface area contributed by atoms with Crippen LogP contribution in [0.3, 0.4) is 0 Å². The first-order chi connectivity index (χ1) is 11.1. The standard InChI is InChI=1S/C17H15FN2OS2/c1-11(15-3-2-8-22-15)19-16(21)9-14-10-23-17(20-14)12-4-6-13(18)7-5-12/h2-8,10-11H,9H2,1H3,(H,19,21). The summed E-state index contributed by atoms with van der Waals surface area (Å²) in [5.74, 6) is -0.325. The Kier molecular flexibility index (Phi) is 4.83. The molecule has 2 aromatic heterocycles. The smallest absolute Gasteiger partial charge is 0.226 e. The van der Waals surface area contributed by atoms with Gasteiger partial charge in [0.25, 0.3) is 0 Å². The number of thiazole rings is 1. The van der Waals surface area contributed by atoms with Gasteiger partial charge in [0.15, 0.2) is 0 Å². The molecule has 0 fully saturated rings. The van der Waals surface area contributed by atoms with E-state index in [0.29, 0.717) is 0 Å². The number of nitrogens with zero attached hydrogens (tertiary/aromatic N) is 1. The Labute approximate surface area is 141 Å². The largest absolute Gasteiger partial charge is 0.348 e. The molecule has 0 radical (unpaired) electrons. The van der Waals surface area contributed by atoms with Gasteiger partial charge in [-0.3, -0.25) is 4.79 Å². The minimum Gasteiger partial charge on any atom is -0.348 e. The van der Waals surface area contributed by atoms with Crippen molar-refractivity contribution in [1.82, 2.24) is 10.3 Å². The first kappa shape index (κ1) is 15.8. The van der Waals surface area contributed by atoms with Gasteiger partial charge in [-0.15, -0.1) is 22.7 Å². The zero-order valence-corrected chi connectivity index (χ0v) is 14.1. The van der Waals surface area contributed by atoms with Crippen molar-refractivity contribution >= 4 is 28.6 Å². The van der Waals surface area contributed by atoms with E-state index in [2.05, 4.69) is 10.3 Å². The fraction of sp³-hybridized carbons (Fsp3) is 0.176. The van der Waals surface area contributed by atoms with Crippen LogP contribution in [0.1, 0.15) is 23.5 Å². The van der Waals surface area contributed by atoms with Gasteiger partial charge >= 0.3 is 0 Å². The fourth-order valence-electron chi connectivity index (χ4n) is 2.18. The van der Waals surface area contributed by atoms with E-state index in [1.807, 2.05) is 29.8 Å². The summed E-state index contributed by atoms with van der Waals surface area (Å²) in [4.78, 5) is 17.7. The molecule has 1 N–H and O–H groups in total. The summed E-state index contributed by atoms with van der Waals surface area (Å²) in [6.45, 7) is 1.97. The third-order valence-electron chi connectivity index (χ3n) is 3.33. The number of nitrogens with one attached hydrogen (secondary N) is 1. The van der Waals surface area contributed by atoms with Crippen molar-refractivity contribution in [2.45, 2.75) is 19.4 Å². The molecule has 1 aromatic carbocycles. The molecule has 0 aliphatic heterocycles. The lowest BCUT2D eigenvalue weighted by molar-refractivity contribution is -0.121. The molecular weight excluding hydrogens is 331 g/mol. The maximum atomic E-state index is 12.9. The van der Waals surface area contributed by atoms with E-state index in [1.54, 1.807) is 23.5 Å². The van der Waals surface area contributed by atoms with Gasteiger partial charge in [0.05, 0.1) is 18.2 Å². The maximum Gasteiger partial charge on any atom is 0.226 e. The summed E-state index contributed by atoms with van der Waals surface area (Å²) in [6.07, 6.45) is 0.243. The van der Waals surface area contributed by atoms with E-state index in [0.717, 1.165) is 21.1 Å². The van der Waals surface area contributed by atoms with Crippen molar-refractivity contribution in [2.24, 2.45) is 0 Å². The van der Waals surface area contributed by atoms with Gasteiger partial charge < -0.3 is 5.32 Å². The van der Waals surface area contributed by atoms with Crippen molar-refractivity contribution in [2.75, 3.05) is 0 Å². The average molecular weight is 346 g/mol. The first-order valence-electron chi connectivity index (χ1n) is 7.15. The van der Waals surface area contributed by atoms with Gasteiger partial charge in [-0.2, -0.15) is 0 Å². The number of halogens is 1. The molecule has 0 aliphatic carbocycles. The normalized spacial score (nSPS) is 12.1. The number of carbonyl (C=O) groups is 1. The molecule has 1 unspecified atom stereocenters. The molecule has 118 valence electrons. The number of aromatic nitrogens is 1. The highest BCUT2D eigenvalue weighted by Gasteiger charge is 2.13. The van der Waals surface area contributed by atoms with Crippen molar-refractivity contribution in [3.63, 3.8) is 0 Å². The summed E-state index contributed by atoms with van der Waals surface area (Å²) in [6, 6.07) is 10.2. The molecule has 3 nitrogen and oxygen atoms in total. The number of benzene rings is 1. The van der Waals surface area contributed by atoms with Crippen molar-refractivity contribution in [3.05, 3.63) is 63.5 Å². The van der Waals surface area contributed by atoms with Crippen LogP contribution in [0.4, 0.5) is 4.39 Å². The average Bonchev–Trinajstić information content (AvgIpc) is 3.19. The lowest BCUT2D eigenvalue weighted by Crippen LogP contribution is -2.27. The third kappa shape index (κ3) is 4.03. The van der Waals surface area contributed by atoms with Gasteiger partial charge in [0, 0.05) is 15.8 Å². The molecule has 6 heteroatoms. The molecule has 0 saturated heterocycles. The summed E-state index contributed by atoms with van der Waals surface area (Å²) in [5.41, 5.74) is 1.58. The Morgan fingerprint density at radius 3 is 2.74 bits per heavy atom. The van der Waals surface area contributed by atoms with Crippen molar-refractivity contribution in [1.29, 1.82) is 0 Å². The second kappa shape index (κ2) is 7.02. The van der Waals surface area contributed by atoms with Crippen LogP contribution >= 0.6 is 22.7 Å². The number of amides is 1. The Bertz CT molecular complexity index is 781. The maximum absolute atomic E-state index is 12.9. The van der Waals surface area contributed by atoms with Crippen molar-refractivity contribution in [3.8, 4) is 10.6 Å². The van der Waals surface area contributed by atoms with Crippen LogP contribution in [0.15, 0.2) is 47.2 Å². The molecule has 23 heavy (non-hydrogen) atoms. The van der Waals surface area contributed by atoms with E-state index < -0.39 is 0 Å². The van der Waals surface area contributed by atoms with Gasteiger partial charge in [-0.25, -0.2) is 9.37 Å². The predicted molar refractivity (Wildman–Crippen MR) is 92.1 cm³/mol. The van der Waals surface area contributed by atoms with Gasteiger partial charge in [-0.1, -0.05) is 6.07 Å². The van der Waals surface area contributed by atoms with Crippen molar-refractivity contribution < 1.29 is 9.18 Å². The molecule has 0 spiro atoms. The van der Waals surface area contributed by atoms with Crippen LogP contribution in [0, 0.1) is 5.82 Å². The molecular formula is C17H15FN2OS2. The lowest BCUT2D eigenvalue weighted by atomic mass is 10.2. The molecule has 2 heterocycles. The van der Waals surface area contributed by atoms with Gasteiger partial charge in [0.1, 0.15) is 10.8 Å². The summed E-state index contributed by atoms with van der Waals surface area (Å²) in [7, 11) is 0. The van der Waals surface area contributed by atoms with Crippen LogP contribution < -0.4 is 5.32 Å². The molecule has 1 atom stereocenters. The summed E-state index contributed by atoms with van der Waals surface area (Å²) < 4.78 is 12.9. The number of carbonyl (C=O) groups excluding carboxylic acids is 1. The van der Waals surface area contributed by atoms with E-state index >= 15 is 0 Å². The minimum absolute atomic E-state index is 0.00213. The SMILES string of the molecule is CC(NC(=O)Cc1csc(-c2ccc(F)cc2)n1)c1cccs1. The topological polar surface area (TPSA) is 42.0 Å². The minimum atomic E-state index is -0.271. The fourth-order valence-corrected chi connectivity index (χ4v) is 3.74. The molecule has 3 aromatic rings. The number of hydrogen-bond acceptors (Lipinski definition) is 4. The van der Waals surface area contributed by atoms with E-state index in [4.69, 9.17) is 0 Å². The highest BCUT2D eigenvalue weighted by molar-refractivity contribution is 7.13. The van der Waals surface area contributed by atoms with Crippen LogP contribution in [0.25, 0.3) is 10.6 Å². The Balaban J connectivity index is 1.62. The van der Waals surface area contributed by atoms with Crippen LogP contribution in [0.2, 0.25) is 0 Å².